The Morgan fingerprint density at radius 2 is 2.12 bits per heavy atom. The Labute approximate surface area is 101 Å². The highest BCUT2D eigenvalue weighted by Crippen LogP contribution is 2.21. The van der Waals surface area contributed by atoms with E-state index in [9.17, 15) is 9.50 Å². The van der Waals surface area contributed by atoms with Gasteiger partial charge in [0.15, 0.2) is 11.6 Å². The summed E-state index contributed by atoms with van der Waals surface area (Å²) in [5, 5.41) is 9.49. The van der Waals surface area contributed by atoms with Gasteiger partial charge < -0.3 is 15.6 Å². The summed E-state index contributed by atoms with van der Waals surface area (Å²) >= 11 is 0. The van der Waals surface area contributed by atoms with Gasteiger partial charge in [-0.15, -0.1) is 0 Å². The van der Waals surface area contributed by atoms with Crippen molar-refractivity contribution >= 4 is 0 Å². The third kappa shape index (κ3) is 4.71. The van der Waals surface area contributed by atoms with Crippen LogP contribution in [0.3, 0.4) is 0 Å². The zero-order chi connectivity index (χ0) is 13.1. The van der Waals surface area contributed by atoms with Crippen LogP contribution in [-0.4, -0.2) is 17.3 Å². The largest absolute Gasteiger partial charge is 0.490 e. The molecule has 96 valence electrons. The zero-order valence-corrected chi connectivity index (χ0v) is 10.5. The Hall–Kier alpha value is -1.13. The van der Waals surface area contributed by atoms with E-state index in [2.05, 4.69) is 0 Å². The second-order valence-corrected chi connectivity index (χ2v) is 4.89. The van der Waals surface area contributed by atoms with Gasteiger partial charge in [-0.2, -0.15) is 0 Å². The van der Waals surface area contributed by atoms with Gasteiger partial charge in [0.05, 0.1) is 12.2 Å². The number of nitrogens with two attached hydrogens (primary N) is 1. The molecule has 0 radical (unpaired) electrons. The molecule has 0 heterocycles. The minimum Gasteiger partial charge on any atom is -0.490 e. The van der Waals surface area contributed by atoms with Crippen LogP contribution < -0.4 is 10.5 Å². The Morgan fingerprint density at radius 3 is 2.59 bits per heavy atom. The molecule has 0 amide bonds. The molecule has 1 aromatic rings. The molecule has 4 heteroatoms. The summed E-state index contributed by atoms with van der Waals surface area (Å²) in [6.45, 7) is 5.44. The molecular formula is C13H20FNO2. The number of ether oxygens (including phenoxy) is 1. The van der Waals surface area contributed by atoms with Gasteiger partial charge >= 0.3 is 0 Å². The molecule has 0 aliphatic heterocycles. The molecule has 0 bridgehead atoms. The van der Waals surface area contributed by atoms with E-state index in [0.717, 1.165) is 5.56 Å². The molecule has 0 saturated heterocycles. The van der Waals surface area contributed by atoms with Crippen molar-refractivity contribution < 1.29 is 14.2 Å². The fourth-order valence-corrected chi connectivity index (χ4v) is 1.33. The Bertz CT molecular complexity index is 372. The van der Waals surface area contributed by atoms with Gasteiger partial charge in [-0.05, 0) is 38.5 Å². The molecular weight excluding hydrogens is 221 g/mol. The lowest BCUT2D eigenvalue weighted by molar-refractivity contribution is 0.0547. The predicted molar refractivity (Wildman–Crippen MR) is 65.4 cm³/mol. The van der Waals surface area contributed by atoms with Crippen LogP contribution in [0.25, 0.3) is 0 Å². The van der Waals surface area contributed by atoms with E-state index in [-0.39, 0.29) is 18.4 Å². The molecule has 0 fully saturated rings. The van der Waals surface area contributed by atoms with Crippen LogP contribution in [0.1, 0.15) is 38.8 Å². The third-order valence-corrected chi connectivity index (χ3v) is 2.45. The van der Waals surface area contributed by atoms with Crippen molar-refractivity contribution in [1.29, 1.82) is 0 Å². The average Bonchev–Trinajstić information content (AvgIpc) is 2.18. The molecule has 0 aliphatic rings. The molecule has 0 aromatic heterocycles. The lowest BCUT2D eigenvalue weighted by Gasteiger charge is -2.17. The molecule has 0 spiro atoms. The minimum absolute atomic E-state index is 0.193. The molecule has 17 heavy (non-hydrogen) atoms. The fraction of sp³-hybridized carbons (Fsp3) is 0.538. The van der Waals surface area contributed by atoms with Crippen LogP contribution in [0.15, 0.2) is 18.2 Å². The summed E-state index contributed by atoms with van der Waals surface area (Å²) in [6.07, 6.45) is 0.446. The van der Waals surface area contributed by atoms with Gasteiger partial charge in [0.2, 0.25) is 0 Å². The SMILES string of the molecule is CC(N)c1ccc(OCCC(C)(C)O)c(F)c1. The first-order chi connectivity index (χ1) is 7.79. The Morgan fingerprint density at radius 1 is 1.47 bits per heavy atom. The number of benzene rings is 1. The van der Waals surface area contributed by atoms with Gasteiger partial charge in [-0.25, -0.2) is 4.39 Å². The van der Waals surface area contributed by atoms with Crippen LogP contribution in [0.2, 0.25) is 0 Å². The van der Waals surface area contributed by atoms with E-state index in [1.54, 1.807) is 32.9 Å². The standard InChI is InChI=1S/C13H20FNO2/c1-9(15)10-4-5-12(11(14)8-10)17-7-6-13(2,3)16/h4-5,8-9,16H,6-7,15H2,1-3H3. The number of hydrogen-bond acceptors (Lipinski definition) is 3. The van der Waals surface area contributed by atoms with Crippen molar-refractivity contribution in [2.45, 2.75) is 38.8 Å². The number of aliphatic hydroxyl groups is 1. The van der Waals surface area contributed by atoms with Crippen molar-refractivity contribution in [3.05, 3.63) is 29.6 Å². The monoisotopic (exact) mass is 241 g/mol. The molecule has 0 aliphatic carbocycles. The lowest BCUT2D eigenvalue weighted by atomic mass is 10.1. The highest BCUT2D eigenvalue weighted by molar-refractivity contribution is 5.30. The topological polar surface area (TPSA) is 55.5 Å². The summed E-state index contributed by atoms with van der Waals surface area (Å²) in [7, 11) is 0. The normalized spacial score (nSPS) is 13.5. The van der Waals surface area contributed by atoms with E-state index in [1.807, 2.05) is 0 Å². The smallest absolute Gasteiger partial charge is 0.165 e. The van der Waals surface area contributed by atoms with Crippen molar-refractivity contribution in [2.24, 2.45) is 5.73 Å². The van der Waals surface area contributed by atoms with Crippen LogP contribution >= 0.6 is 0 Å². The van der Waals surface area contributed by atoms with Gasteiger partial charge in [0.1, 0.15) is 0 Å². The second kappa shape index (κ2) is 5.47. The minimum atomic E-state index is -0.803. The summed E-state index contributed by atoms with van der Waals surface area (Å²) in [5.41, 5.74) is 5.58. The summed E-state index contributed by atoms with van der Waals surface area (Å²) < 4.78 is 18.9. The van der Waals surface area contributed by atoms with Crippen LogP contribution in [-0.2, 0) is 0 Å². The van der Waals surface area contributed by atoms with Gasteiger partial charge in [-0.3, -0.25) is 0 Å². The molecule has 0 saturated carbocycles. The van der Waals surface area contributed by atoms with Gasteiger partial charge in [0, 0.05) is 12.5 Å². The Balaban J connectivity index is 2.61. The first kappa shape index (κ1) is 13.9. The highest BCUT2D eigenvalue weighted by atomic mass is 19.1. The van der Waals surface area contributed by atoms with E-state index in [1.165, 1.54) is 6.07 Å². The van der Waals surface area contributed by atoms with E-state index >= 15 is 0 Å². The maximum Gasteiger partial charge on any atom is 0.165 e. The van der Waals surface area contributed by atoms with Crippen molar-refractivity contribution in [3.63, 3.8) is 0 Å². The van der Waals surface area contributed by atoms with Crippen LogP contribution in [0, 0.1) is 5.82 Å². The van der Waals surface area contributed by atoms with Crippen molar-refractivity contribution in [1.82, 2.24) is 0 Å². The molecule has 3 N–H and O–H groups in total. The van der Waals surface area contributed by atoms with Crippen LogP contribution in [0.4, 0.5) is 4.39 Å². The Kier molecular flexibility index (Phi) is 4.48. The first-order valence-corrected chi connectivity index (χ1v) is 5.70. The average molecular weight is 241 g/mol. The molecule has 3 nitrogen and oxygen atoms in total. The first-order valence-electron chi connectivity index (χ1n) is 5.70. The fourth-order valence-electron chi connectivity index (χ4n) is 1.33. The lowest BCUT2D eigenvalue weighted by Crippen LogP contribution is -2.22. The predicted octanol–water partition coefficient (Wildman–Crippen LogP) is 2.39. The van der Waals surface area contributed by atoms with E-state index in [0.29, 0.717) is 6.42 Å². The zero-order valence-electron chi connectivity index (χ0n) is 10.5. The maximum atomic E-state index is 13.6. The number of hydrogen-bond donors (Lipinski definition) is 2. The third-order valence-electron chi connectivity index (χ3n) is 2.45. The second-order valence-electron chi connectivity index (χ2n) is 4.89. The van der Waals surface area contributed by atoms with Crippen LogP contribution in [0.5, 0.6) is 5.75 Å². The van der Waals surface area contributed by atoms with E-state index in [4.69, 9.17) is 10.5 Å². The van der Waals surface area contributed by atoms with Crippen molar-refractivity contribution in [2.75, 3.05) is 6.61 Å². The highest BCUT2D eigenvalue weighted by Gasteiger charge is 2.13. The molecule has 1 rings (SSSR count). The van der Waals surface area contributed by atoms with Crippen molar-refractivity contribution in [3.8, 4) is 5.75 Å². The summed E-state index contributed by atoms with van der Waals surface area (Å²) in [6, 6.07) is 4.49. The van der Waals surface area contributed by atoms with Gasteiger partial charge in [0.25, 0.3) is 0 Å². The number of rotatable bonds is 5. The molecule has 1 atom stereocenters. The quantitative estimate of drug-likeness (QED) is 0.832. The van der Waals surface area contributed by atoms with E-state index < -0.39 is 11.4 Å². The summed E-state index contributed by atoms with van der Waals surface area (Å²) in [4.78, 5) is 0. The summed E-state index contributed by atoms with van der Waals surface area (Å²) in [5.74, 6) is -0.228. The maximum absolute atomic E-state index is 13.6. The number of halogens is 1. The molecule has 1 aromatic carbocycles. The van der Waals surface area contributed by atoms with Gasteiger partial charge in [-0.1, -0.05) is 6.07 Å². The molecule has 1 unspecified atom stereocenters.